The number of unbranched alkanes of at least 4 members (excludes halogenated alkanes) is 5. The van der Waals surface area contributed by atoms with E-state index in [1.165, 1.54) is 19.3 Å². The van der Waals surface area contributed by atoms with E-state index in [0.717, 1.165) is 58.2 Å². The topological polar surface area (TPSA) is 77.8 Å². The van der Waals surface area contributed by atoms with E-state index in [0.29, 0.717) is 30.8 Å². The SMILES string of the molecule is CCCCCCCCC(Cc1cc(C(C)(C)C)c(O)c(C(C)(C)C)c1Cc1cc(C(C)(C)C)c(O)c(C(C)(C)C)c1)C(=O)O. The fraction of sp³-hybridized carbons (Fsp3) is 0.675. The number of hydrogen-bond donors (Lipinski definition) is 3. The molecule has 0 heterocycles. The van der Waals surface area contributed by atoms with Crippen molar-refractivity contribution in [3.05, 3.63) is 57.1 Å². The van der Waals surface area contributed by atoms with Crippen molar-refractivity contribution in [3.8, 4) is 11.5 Å². The van der Waals surface area contributed by atoms with Gasteiger partial charge in [0.1, 0.15) is 11.5 Å². The minimum atomic E-state index is -0.748. The standard InChI is InChI=1S/C40H64O4/c1-14-15-16-17-18-19-20-27(36(43)44)24-28-25-32(39(8,9)10)35(42)33(40(11,12)13)29(28)21-26-22-30(37(2,3)4)34(41)31(23-26)38(5,6)7/h22-23,25,27,41-42H,14-21,24H2,1-13H3,(H,43,44). The van der Waals surface area contributed by atoms with Crippen molar-refractivity contribution in [1.82, 2.24) is 0 Å². The molecular weight excluding hydrogens is 544 g/mol. The lowest BCUT2D eigenvalue weighted by molar-refractivity contribution is -0.142. The largest absolute Gasteiger partial charge is 0.507 e. The molecule has 44 heavy (non-hydrogen) atoms. The second-order valence-corrected chi connectivity index (χ2v) is 17.3. The molecule has 1 atom stereocenters. The van der Waals surface area contributed by atoms with Gasteiger partial charge in [-0.25, -0.2) is 0 Å². The lowest BCUT2D eigenvalue weighted by atomic mass is 9.72. The van der Waals surface area contributed by atoms with Gasteiger partial charge in [0.25, 0.3) is 0 Å². The van der Waals surface area contributed by atoms with Crippen LogP contribution in [0.15, 0.2) is 18.2 Å². The Morgan fingerprint density at radius 2 is 1.11 bits per heavy atom. The van der Waals surface area contributed by atoms with Crippen molar-refractivity contribution in [2.75, 3.05) is 0 Å². The van der Waals surface area contributed by atoms with Crippen LogP contribution in [0.5, 0.6) is 11.5 Å². The molecule has 0 saturated carbocycles. The maximum absolute atomic E-state index is 12.6. The summed E-state index contributed by atoms with van der Waals surface area (Å²) in [5.41, 5.74) is 5.45. The van der Waals surface area contributed by atoms with Crippen LogP contribution in [0.3, 0.4) is 0 Å². The second-order valence-electron chi connectivity index (χ2n) is 17.3. The van der Waals surface area contributed by atoms with Crippen LogP contribution in [0.1, 0.15) is 174 Å². The molecule has 0 spiro atoms. The summed E-state index contributed by atoms with van der Waals surface area (Å²) < 4.78 is 0. The molecular formula is C40H64O4. The molecule has 0 fully saturated rings. The van der Waals surface area contributed by atoms with E-state index in [2.05, 4.69) is 108 Å². The van der Waals surface area contributed by atoms with Crippen molar-refractivity contribution in [1.29, 1.82) is 0 Å². The van der Waals surface area contributed by atoms with Gasteiger partial charge >= 0.3 is 5.97 Å². The molecule has 4 nitrogen and oxygen atoms in total. The van der Waals surface area contributed by atoms with E-state index >= 15 is 0 Å². The third kappa shape index (κ3) is 9.75. The number of benzene rings is 2. The molecule has 248 valence electrons. The summed E-state index contributed by atoms with van der Waals surface area (Å²) in [4.78, 5) is 12.6. The Morgan fingerprint density at radius 1 is 0.659 bits per heavy atom. The van der Waals surface area contributed by atoms with Crippen LogP contribution >= 0.6 is 0 Å². The Morgan fingerprint density at radius 3 is 1.55 bits per heavy atom. The molecule has 0 amide bonds. The molecule has 1 unspecified atom stereocenters. The number of rotatable bonds is 12. The summed E-state index contributed by atoms with van der Waals surface area (Å²) in [5, 5.41) is 33.6. The zero-order valence-corrected chi connectivity index (χ0v) is 30.4. The predicted octanol–water partition coefficient (Wildman–Crippen LogP) is 10.9. The first-order chi connectivity index (χ1) is 20.0. The van der Waals surface area contributed by atoms with Gasteiger partial charge in [0.05, 0.1) is 5.92 Å². The predicted molar refractivity (Wildman–Crippen MR) is 187 cm³/mol. The van der Waals surface area contributed by atoms with Crippen LogP contribution in [0.25, 0.3) is 0 Å². The Labute approximate surface area is 269 Å². The van der Waals surface area contributed by atoms with E-state index in [9.17, 15) is 20.1 Å². The maximum atomic E-state index is 12.6. The first-order valence-electron chi connectivity index (χ1n) is 17.0. The van der Waals surface area contributed by atoms with E-state index in [1.807, 2.05) is 0 Å². The minimum absolute atomic E-state index is 0.264. The Bertz CT molecular complexity index is 1240. The zero-order chi connectivity index (χ0) is 33.8. The van der Waals surface area contributed by atoms with Gasteiger partial charge < -0.3 is 15.3 Å². The molecule has 3 N–H and O–H groups in total. The third-order valence-corrected chi connectivity index (χ3v) is 8.95. The summed E-state index contributed by atoms with van der Waals surface area (Å²) in [7, 11) is 0. The van der Waals surface area contributed by atoms with E-state index < -0.39 is 11.9 Å². The molecule has 0 aliphatic carbocycles. The number of hydrogen-bond acceptors (Lipinski definition) is 3. The molecule has 4 heteroatoms. The fourth-order valence-electron chi connectivity index (χ4n) is 6.42. The first-order valence-corrected chi connectivity index (χ1v) is 17.0. The number of aliphatic carboxylic acids is 1. The number of carboxylic acid groups (broad SMARTS) is 1. The van der Waals surface area contributed by atoms with Crippen molar-refractivity contribution in [3.63, 3.8) is 0 Å². The van der Waals surface area contributed by atoms with Crippen LogP contribution in [-0.2, 0) is 39.3 Å². The molecule has 0 bridgehead atoms. The highest BCUT2D eigenvalue weighted by atomic mass is 16.4. The Balaban J connectivity index is 2.81. The molecule has 0 saturated heterocycles. The van der Waals surface area contributed by atoms with Crippen LogP contribution in [-0.4, -0.2) is 21.3 Å². The van der Waals surface area contributed by atoms with Gasteiger partial charge in [0, 0.05) is 5.56 Å². The van der Waals surface area contributed by atoms with Crippen molar-refractivity contribution < 1.29 is 20.1 Å². The smallest absolute Gasteiger partial charge is 0.306 e. The number of aromatic hydroxyl groups is 2. The lowest BCUT2D eigenvalue weighted by Gasteiger charge is -2.33. The molecule has 0 aliphatic rings. The Hall–Kier alpha value is -2.49. The summed E-state index contributed by atoms with van der Waals surface area (Å²) in [5.74, 6) is -0.569. The number of phenols is 2. The highest BCUT2D eigenvalue weighted by Crippen LogP contribution is 2.45. The van der Waals surface area contributed by atoms with E-state index in [4.69, 9.17) is 0 Å². The highest BCUT2D eigenvalue weighted by Gasteiger charge is 2.33. The third-order valence-electron chi connectivity index (χ3n) is 8.95. The first kappa shape index (κ1) is 37.7. The van der Waals surface area contributed by atoms with Gasteiger partial charge in [0.2, 0.25) is 0 Å². The summed E-state index contributed by atoms with van der Waals surface area (Å²) >= 11 is 0. The van der Waals surface area contributed by atoms with Crippen molar-refractivity contribution >= 4 is 5.97 Å². The van der Waals surface area contributed by atoms with E-state index in [1.54, 1.807) is 0 Å². The average Bonchev–Trinajstić information content (AvgIpc) is 2.84. The Kier molecular flexibility index (Phi) is 12.2. The van der Waals surface area contributed by atoms with Crippen LogP contribution in [0, 0.1) is 5.92 Å². The summed E-state index contributed by atoms with van der Waals surface area (Å²) in [6.07, 6.45) is 8.40. The molecule has 2 rings (SSSR count). The van der Waals surface area contributed by atoms with Crippen molar-refractivity contribution in [2.24, 2.45) is 5.92 Å². The van der Waals surface area contributed by atoms with Crippen molar-refractivity contribution in [2.45, 2.75) is 169 Å². The summed E-state index contributed by atoms with van der Waals surface area (Å²) in [6.45, 7) is 27.6. The zero-order valence-electron chi connectivity index (χ0n) is 30.4. The van der Waals surface area contributed by atoms with Crippen LogP contribution < -0.4 is 0 Å². The van der Waals surface area contributed by atoms with Gasteiger partial charge in [-0.2, -0.15) is 0 Å². The maximum Gasteiger partial charge on any atom is 0.306 e. The van der Waals surface area contributed by atoms with Crippen LogP contribution in [0.2, 0.25) is 0 Å². The van der Waals surface area contributed by atoms with E-state index in [-0.39, 0.29) is 21.7 Å². The van der Waals surface area contributed by atoms with Gasteiger partial charge in [-0.3, -0.25) is 4.79 Å². The quantitative estimate of drug-likeness (QED) is 0.209. The van der Waals surface area contributed by atoms with Gasteiger partial charge in [-0.15, -0.1) is 0 Å². The normalized spacial score (nSPS) is 13.8. The lowest BCUT2D eigenvalue weighted by Crippen LogP contribution is -2.24. The molecule has 2 aromatic rings. The highest BCUT2D eigenvalue weighted by molar-refractivity contribution is 5.71. The molecule has 0 aliphatic heterocycles. The number of carbonyl (C=O) groups is 1. The molecule has 0 radical (unpaired) electrons. The second kappa shape index (κ2) is 14.3. The van der Waals surface area contributed by atoms with Gasteiger partial charge in [0.15, 0.2) is 0 Å². The minimum Gasteiger partial charge on any atom is -0.507 e. The number of carboxylic acids is 1. The summed E-state index contributed by atoms with van der Waals surface area (Å²) in [6, 6.07) is 6.31. The molecule has 2 aromatic carbocycles. The fourth-order valence-corrected chi connectivity index (χ4v) is 6.42. The number of phenolic OH excluding ortho intramolecular Hbond substituents is 2. The monoisotopic (exact) mass is 608 g/mol. The average molecular weight is 609 g/mol. The molecule has 0 aromatic heterocycles. The van der Waals surface area contributed by atoms with Gasteiger partial charge in [-0.1, -0.05) is 147 Å². The van der Waals surface area contributed by atoms with Gasteiger partial charge in [-0.05, 0) is 74.3 Å². The van der Waals surface area contributed by atoms with Crippen LogP contribution in [0.4, 0.5) is 0 Å².